The largest absolute Gasteiger partial charge is 0.384 e. The van der Waals surface area contributed by atoms with Crippen LogP contribution < -0.4 is 5.32 Å². The van der Waals surface area contributed by atoms with Crippen molar-refractivity contribution in [2.45, 2.75) is 33.1 Å². The monoisotopic (exact) mass is 248 g/mol. The SMILES string of the molecule is Cc1c(NCC2CCC(C)C2)cccc1[N+](=O)[O-]. The number of nitro groups is 1. The van der Waals surface area contributed by atoms with Gasteiger partial charge in [-0.2, -0.15) is 0 Å². The van der Waals surface area contributed by atoms with Crippen molar-refractivity contribution in [3.05, 3.63) is 33.9 Å². The van der Waals surface area contributed by atoms with Gasteiger partial charge in [0.2, 0.25) is 0 Å². The first-order chi connectivity index (χ1) is 8.58. The third-order valence-electron chi connectivity index (χ3n) is 3.89. The summed E-state index contributed by atoms with van der Waals surface area (Å²) in [5.74, 6) is 1.53. The van der Waals surface area contributed by atoms with Gasteiger partial charge in [0.15, 0.2) is 0 Å². The van der Waals surface area contributed by atoms with Crippen molar-refractivity contribution in [2.75, 3.05) is 11.9 Å². The predicted molar refractivity (Wildman–Crippen MR) is 72.8 cm³/mol. The van der Waals surface area contributed by atoms with Gasteiger partial charge in [-0.25, -0.2) is 0 Å². The molecule has 18 heavy (non-hydrogen) atoms. The Labute approximate surface area is 108 Å². The first-order valence-corrected chi connectivity index (χ1v) is 6.55. The van der Waals surface area contributed by atoms with Gasteiger partial charge in [-0.3, -0.25) is 10.1 Å². The van der Waals surface area contributed by atoms with E-state index < -0.39 is 0 Å². The van der Waals surface area contributed by atoms with Gasteiger partial charge >= 0.3 is 0 Å². The maximum absolute atomic E-state index is 10.9. The molecular weight excluding hydrogens is 228 g/mol. The fourth-order valence-corrected chi connectivity index (χ4v) is 2.78. The van der Waals surface area contributed by atoms with E-state index in [1.807, 2.05) is 6.07 Å². The minimum Gasteiger partial charge on any atom is -0.384 e. The standard InChI is InChI=1S/C14H20N2O2/c1-10-6-7-12(8-10)9-15-13-4-3-5-14(11(13)2)16(17)18/h3-5,10,12,15H,6-9H2,1-2H3. The Hall–Kier alpha value is -1.58. The molecule has 0 saturated heterocycles. The average Bonchev–Trinajstić information content (AvgIpc) is 2.73. The molecule has 2 atom stereocenters. The van der Waals surface area contributed by atoms with Crippen LogP contribution in [-0.2, 0) is 0 Å². The summed E-state index contributed by atoms with van der Waals surface area (Å²) in [7, 11) is 0. The summed E-state index contributed by atoms with van der Waals surface area (Å²) in [4.78, 5) is 10.5. The van der Waals surface area contributed by atoms with Crippen molar-refractivity contribution in [2.24, 2.45) is 11.8 Å². The Morgan fingerprint density at radius 3 is 2.83 bits per heavy atom. The molecule has 2 rings (SSSR count). The lowest BCUT2D eigenvalue weighted by Gasteiger charge is -2.14. The van der Waals surface area contributed by atoms with Crippen molar-refractivity contribution in [1.82, 2.24) is 0 Å². The number of hydrogen-bond donors (Lipinski definition) is 1. The van der Waals surface area contributed by atoms with Crippen LogP contribution in [0.4, 0.5) is 11.4 Å². The number of nitro benzene ring substituents is 1. The number of benzene rings is 1. The van der Waals surface area contributed by atoms with E-state index in [2.05, 4.69) is 12.2 Å². The van der Waals surface area contributed by atoms with Crippen LogP contribution in [0.15, 0.2) is 18.2 Å². The minimum atomic E-state index is -0.321. The molecule has 1 aliphatic rings. The number of anilines is 1. The second kappa shape index (κ2) is 5.38. The third-order valence-corrected chi connectivity index (χ3v) is 3.89. The highest BCUT2D eigenvalue weighted by atomic mass is 16.6. The highest BCUT2D eigenvalue weighted by Crippen LogP contribution is 2.31. The fraction of sp³-hybridized carbons (Fsp3) is 0.571. The van der Waals surface area contributed by atoms with Crippen LogP contribution in [0.1, 0.15) is 31.7 Å². The molecule has 98 valence electrons. The normalized spacial score (nSPS) is 23.0. The van der Waals surface area contributed by atoms with E-state index in [-0.39, 0.29) is 10.6 Å². The molecule has 0 heterocycles. The van der Waals surface area contributed by atoms with E-state index in [1.165, 1.54) is 19.3 Å². The van der Waals surface area contributed by atoms with E-state index >= 15 is 0 Å². The van der Waals surface area contributed by atoms with E-state index in [4.69, 9.17) is 0 Å². The molecule has 2 unspecified atom stereocenters. The van der Waals surface area contributed by atoms with Crippen molar-refractivity contribution < 1.29 is 4.92 Å². The maximum atomic E-state index is 10.9. The van der Waals surface area contributed by atoms with E-state index in [0.717, 1.165) is 23.7 Å². The van der Waals surface area contributed by atoms with Crippen LogP contribution in [0.2, 0.25) is 0 Å². The molecule has 1 saturated carbocycles. The van der Waals surface area contributed by atoms with Crippen LogP contribution in [0.25, 0.3) is 0 Å². The van der Waals surface area contributed by atoms with Crippen molar-refractivity contribution in [3.8, 4) is 0 Å². The first kappa shape index (κ1) is 12.9. The Morgan fingerprint density at radius 1 is 1.44 bits per heavy atom. The lowest BCUT2D eigenvalue weighted by atomic mass is 10.1. The summed E-state index contributed by atoms with van der Waals surface area (Å²) in [6.07, 6.45) is 3.84. The van der Waals surface area contributed by atoms with Gasteiger partial charge in [0.25, 0.3) is 5.69 Å². The maximum Gasteiger partial charge on any atom is 0.274 e. The zero-order valence-corrected chi connectivity index (χ0v) is 11.0. The summed E-state index contributed by atoms with van der Waals surface area (Å²) in [5.41, 5.74) is 1.82. The van der Waals surface area contributed by atoms with E-state index in [1.54, 1.807) is 19.1 Å². The average molecular weight is 248 g/mol. The highest BCUT2D eigenvalue weighted by Gasteiger charge is 2.21. The topological polar surface area (TPSA) is 55.2 Å². The van der Waals surface area contributed by atoms with Crippen LogP contribution in [-0.4, -0.2) is 11.5 Å². The number of nitrogens with zero attached hydrogens (tertiary/aromatic N) is 1. The second-order valence-electron chi connectivity index (χ2n) is 5.37. The molecule has 0 spiro atoms. The van der Waals surface area contributed by atoms with Gasteiger partial charge in [-0.15, -0.1) is 0 Å². The fourth-order valence-electron chi connectivity index (χ4n) is 2.78. The lowest BCUT2D eigenvalue weighted by Crippen LogP contribution is -2.12. The molecule has 1 fully saturated rings. The molecule has 1 aromatic carbocycles. The van der Waals surface area contributed by atoms with Crippen LogP contribution in [0.5, 0.6) is 0 Å². The number of nitrogens with one attached hydrogen (secondary N) is 1. The molecule has 1 aliphatic carbocycles. The quantitative estimate of drug-likeness (QED) is 0.652. The van der Waals surface area contributed by atoms with Gasteiger partial charge in [-0.05, 0) is 37.7 Å². The molecule has 1 N–H and O–H groups in total. The van der Waals surface area contributed by atoms with Gasteiger partial charge in [0, 0.05) is 23.9 Å². The van der Waals surface area contributed by atoms with E-state index in [0.29, 0.717) is 5.92 Å². The third kappa shape index (κ3) is 2.81. The molecule has 1 aromatic rings. The van der Waals surface area contributed by atoms with Gasteiger partial charge in [-0.1, -0.05) is 19.4 Å². The van der Waals surface area contributed by atoms with Crippen LogP contribution in [0.3, 0.4) is 0 Å². The van der Waals surface area contributed by atoms with Crippen LogP contribution in [0, 0.1) is 28.9 Å². The zero-order chi connectivity index (χ0) is 13.1. The Morgan fingerprint density at radius 2 is 2.22 bits per heavy atom. The molecule has 0 bridgehead atoms. The van der Waals surface area contributed by atoms with Gasteiger partial charge in [0.1, 0.15) is 0 Å². The molecular formula is C14H20N2O2. The lowest BCUT2D eigenvalue weighted by molar-refractivity contribution is -0.385. The first-order valence-electron chi connectivity index (χ1n) is 6.55. The Kier molecular flexibility index (Phi) is 3.84. The smallest absolute Gasteiger partial charge is 0.274 e. The highest BCUT2D eigenvalue weighted by molar-refractivity contribution is 5.59. The summed E-state index contributed by atoms with van der Waals surface area (Å²) in [6.45, 7) is 5.02. The molecule has 4 nitrogen and oxygen atoms in total. The van der Waals surface area contributed by atoms with Crippen LogP contribution >= 0.6 is 0 Å². The summed E-state index contributed by atoms with van der Waals surface area (Å²) in [5, 5.41) is 14.2. The summed E-state index contributed by atoms with van der Waals surface area (Å²) in [6, 6.07) is 5.21. The molecule has 4 heteroatoms. The molecule has 0 aromatic heterocycles. The van der Waals surface area contributed by atoms with Crippen molar-refractivity contribution >= 4 is 11.4 Å². The predicted octanol–water partition coefficient (Wildman–Crippen LogP) is 3.75. The van der Waals surface area contributed by atoms with Crippen molar-refractivity contribution in [1.29, 1.82) is 0 Å². The zero-order valence-electron chi connectivity index (χ0n) is 11.0. The summed E-state index contributed by atoms with van der Waals surface area (Å²) >= 11 is 0. The molecule has 0 amide bonds. The van der Waals surface area contributed by atoms with Gasteiger partial charge < -0.3 is 5.32 Å². The molecule has 0 aliphatic heterocycles. The summed E-state index contributed by atoms with van der Waals surface area (Å²) < 4.78 is 0. The Bertz CT molecular complexity index is 445. The van der Waals surface area contributed by atoms with Gasteiger partial charge in [0.05, 0.1) is 4.92 Å². The van der Waals surface area contributed by atoms with E-state index in [9.17, 15) is 10.1 Å². The van der Waals surface area contributed by atoms with Crippen molar-refractivity contribution in [3.63, 3.8) is 0 Å². The number of hydrogen-bond acceptors (Lipinski definition) is 3. The minimum absolute atomic E-state index is 0.194. The second-order valence-corrected chi connectivity index (χ2v) is 5.37. The Balaban J connectivity index is 2.01. The number of rotatable bonds is 4. The molecule has 0 radical (unpaired) electrons.